The van der Waals surface area contributed by atoms with Gasteiger partial charge >= 0.3 is 0 Å². The van der Waals surface area contributed by atoms with Gasteiger partial charge in [-0.05, 0) is 95.3 Å². The van der Waals surface area contributed by atoms with E-state index in [-0.39, 0.29) is 0 Å². The second-order valence-electron chi connectivity index (χ2n) is 8.98. The standard InChI is InChI=1S/5C7H7Br.4C2H6/c5*1-6-2-4-7(8)5-3-6;4*1-2/h5*2-5H,1H3;4*1-2H3. The lowest BCUT2D eigenvalue weighted by Crippen LogP contribution is -1.66. The van der Waals surface area contributed by atoms with E-state index in [1.54, 1.807) is 0 Å². The Bertz CT molecular complexity index is 970. The van der Waals surface area contributed by atoms with Gasteiger partial charge < -0.3 is 0 Å². The number of hydrogen-bond donors (Lipinski definition) is 0. The van der Waals surface area contributed by atoms with Crippen LogP contribution in [0.5, 0.6) is 0 Å². The Morgan fingerprint density at radius 3 is 0.354 bits per heavy atom. The summed E-state index contributed by atoms with van der Waals surface area (Å²) in [7, 11) is 0. The van der Waals surface area contributed by atoms with Crippen LogP contribution in [-0.4, -0.2) is 0 Å². The van der Waals surface area contributed by atoms with Crippen LogP contribution in [0.1, 0.15) is 83.2 Å². The predicted octanol–water partition coefficient (Wildman–Crippen LogP) is 17.9. The van der Waals surface area contributed by atoms with Crippen LogP contribution in [0.15, 0.2) is 144 Å². The average molecular weight is 975 g/mol. The van der Waals surface area contributed by atoms with Gasteiger partial charge in [0.05, 0.1) is 0 Å². The fourth-order valence-electron chi connectivity index (χ4n) is 2.67. The first-order chi connectivity index (χ1) is 22.9. The number of aryl methyl sites for hydroxylation is 5. The Morgan fingerprint density at radius 1 is 0.208 bits per heavy atom. The van der Waals surface area contributed by atoms with Crippen molar-refractivity contribution in [1.82, 2.24) is 0 Å². The molecule has 0 aromatic heterocycles. The van der Waals surface area contributed by atoms with Crippen molar-refractivity contribution in [3.05, 3.63) is 172 Å². The summed E-state index contributed by atoms with van der Waals surface area (Å²) in [6, 6.07) is 41.1. The van der Waals surface area contributed by atoms with E-state index in [4.69, 9.17) is 0 Å². The van der Waals surface area contributed by atoms with E-state index in [0.29, 0.717) is 0 Å². The number of benzene rings is 5. The predicted molar refractivity (Wildman–Crippen MR) is 240 cm³/mol. The van der Waals surface area contributed by atoms with Gasteiger partial charge in [0.25, 0.3) is 0 Å². The summed E-state index contributed by atoms with van der Waals surface area (Å²) < 4.78 is 5.71. The molecule has 0 saturated carbocycles. The maximum atomic E-state index is 3.35. The third kappa shape index (κ3) is 35.8. The lowest BCUT2D eigenvalue weighted by molar-refractivity contribution is 1.46. The van der Waals surface area contributed by atoms with Crippen LogP contribution >= 0.6 is 79.6 Å². The molecule has 0 spiro atoms. The molecule has 0 aliphatic heterocycles. The lowest BCUT2D eigenvalue weighted by atomic mass is 10.2. The summed E-state index contributed by atoms with van der Waals surface area (Å²) >= 11 is 16.7. The summed E-state index contributed by atoms with van der Waals surface area (Å²) in [4.78, 5) is 0. The van der Waals surface area contributed by atoms with Gasteiger partial charge in [-0.3, -0.25) is 0 Å². The molecule has 5 heteroatoms. The Labute approximate surface area is 338 Å². The Balaban J connectivity index is -0.000000239. The molecule has 5 aromatic rings. The second kappa shape index (κ2) is 38.3. The summed E-state index contributed by atoms with van der Waals surface area (Å²) in [5.74, 6) is 0. The molecule has 0 aliphatic rings. The highest BCUT2D eigenvalue weighted by Crippen LogP contribution is 2.11. The number of halogens is 5. The van der Waals surface area contributed by atoms with Gasteiger partial charge in [-0.1, -0.05) is 224 Å². The second-order valence-corrected chi connectivity index (χ2v) is 13.6. The minimum absolute atomic E-state index is 1.14. The van der Waals surface area contributed by atoms with Crippen LogP contribution in [0.25, 0.3) is 0 Å². The molecular weight excluding hydrogens is 916 g/mol. The quantitative estimate of drug-likeness (QED) is 0.145. The molecule has 0 N–H and O–H groups in total. The van der Waals surface area contributed by atoms with Gasteiger partial charge in [-0.2, -0.15) is 0 Å². The summed E-state index contributed by atoms with van der Waals surface area (Å²) in [5, 5.41) is 0. The first-order valence-corrected chi connectivity index (χ1v) is 20.5. The molecule has 0 unspecified atom stereocenters. The highest BCUT2D eigenvalue weighted by molar-refractivity contribution is 9.11. The van der Waals surface area contributed by atoms with E-state index < -0.39 is 0 Å². The largest absolute Gasteiger partial charge is 0.0683 e. The zero-order valence-electron chi connectivity index (χ0n) is 31.4. The van der Waals surface area contributed by atoms with Gasteiger partial charge in [0, 0.05) is 22.4 Å². The molecule has 0 aliphatic carbocycles. The SMILES string of the molecule is CC.CC.CC.CC.Cc1ccc(Br)cc1.Cc1ccc(Br)cc1.Cc1ccc(Br)cc1.Cc1ccc(Br)cc1.Cc1ccc(Br)cc1. The third-order valence-corrected chi connectivity index (χ3v) is 7.70. The Kier molecular flexibility index (Phi) is 42.5. The molecular formula is C43H59Br5. The molecule has 0 saturated heterocycles. The zero-order chi connectivity index (χ0) is 37.9. The number of hydrogen-bond acceptors (Lipinski definition) is 0. The highest BCUT2D eigenvalue weighted by atomic mass is 79.9. The molecule has 0 heterocycles. The van der Waals surface area contributed by atoms with Crippen LogP contribution < -0.4 is 0 Å². The van der Waals surface area contributed by atoms with Crippen LogP contribution in [-0.2, 0) is 0 Å². The van der Waals surface area contributed by atoms with Crippen molar-refractivity contribution in [3.8, 4) is 0 Å². The topological polar surface area (TPSA) is 0 Å². The van der Waals surface area contributed by atoms with Crippen molar-refractivity contribution >= 4 is 79.6 Å². The maximum absolute atomic E-state index is 3.35. The normalized spacial score (nSPS) is 8.21. The first-order valence-electron chi connectivity index (χ1n) is 16.6. The molecule has 0 fully saturated rings. The van der Waals surface area contributed by atoms with Crippen molar-refractivity contribution in [2.24, 2.45) is 0 Å². The van der Waals surface area contributed by atoms with Crippen molar-refractivity contribution in [1.29, 1.82) is 0 Å². The smallest absolute Gasteiger partial charge is 0.0175 e. The van der Waals surface area contributed by atoms with E-state index in [2.05, 4.69) is 175 Å². The summed E-state index contributed by atoms with van der Waals surface area (Å²) in [6.07, 6.45) is 0. The van der Waals surface area contributed by atoms with E-state index >= 15 is 0 Å². The van der Waals surface area contributed by atoms with E-state index in [9.17, 15) is 0 Å². The molecule has 266 valence electrons. The van der Waals surface area contributed by atoms with E-state index in [1.165, 1.54) is 27.8 Å². The van der Waals surface area contributed by atoms with Crippen molar-refractivity contribution in [2.75, 3.05) is 0 Å². The number of rotatable bonds is 0. The Morgan fingerprint density at radius 2 is 0.292 bits per heavy atom. The maximum Gasteiger partial charge on any atom is 0.0175 e. The summed E-state index contributed by atoms with van der Waals surface area (Å²) in [6.45, 7) is 26.4. The first kappa shape index (κ1) is 53.3. The van der Waals surface area contributed by atoms with E-state index in [1.807, 2.05) is 116 Å². The molecule has 0 bridgehead atoms. The van der Waals surface area contributed by atoms with Crippen LogP contribution in [0.3, 0.4) is 0 Å². The molecule has 5 aromatic carbocycles. The van der Waals surface area contributed by atoms with E-state index in [0.717, 1.165) is 22.4 Å². The fourth-order valence-corrected chi connectivity index (χ4v) is 3.99. The monoisotopic (exact) mass is 970 g/mol. The van der Waals surface area contributed by atoms with Crippen molar-refractivity contribution in [2.45, 2.75) is 90.0 Å². The van der Waals surface area contributed by atoms with Crippen LogP contribution in [0.4, 0.5) is 0 Å². The molecule has 0 radical (unpaired) electrons. The minimum Gasteiger partial charge on any atom is -0.0683 e. The summed E-state index contributed by atoms with van der Waals surface area (Å²) in [5.41, 5.74) is 6.50. The highest BCUT2D eigenvalue weighted by Gasteiger charge is 1.84. The fraction of sp³-hybridized carbons (Fsp3) is 0.302. The van der Waals surface area contributed by atoms with Gasteiger partial charge in [0.2, 0.25) is 0 Å². The molecule has 0 atom stereocenters. The third-order valence-electron chi connectivity index (χ3n) is 5.05. The lowest BCUT2D eigenvalue weighted by Gasteiger charge is -1.88. The van der Waals surface area contributed by atoms with Crippen molar-refractivity contribution in [3.63, 3.8) is 0 Å². The Hall–Kier alpha value is -1.50. The van der Waals surface area contributed by atoms with Gasteiger partial charge in [0.1, 0.15) is 0 Å². The average Bonchev–Trinajstić information content (AvgIpc) is 3.12. The molecule has 0 nitrogen and oxygen atoms in total. The molecule has 0 amide bonds. The van der Waals surface area contributed by atoms with Crippen LogP contribution in [0, 0.1) is 34.6 Å². The van der Waals surface area contributed by atoms with Gasteiger partial charge in [-0.15, -0.1) is 0 Å². The molecule has 48 heavy (non-hydrogen) atoms. The zero-order valence-corrected chi connectivity index (χ0v) is 39.4. The van der Waals surface area contributed by atoms with Gasteiger partial charge in [-0.25, -0.2) is 0 Å². The van der Waals surface area contributed by atoms with Crippen molar-refractivity contribution < 1.29 is 0 Å². The van der Waals surface area contributed by atoms with Crippen LogP contribution in [0.2, 0.25) is 0 Å². The van der Waals surface area contributed by atoms with Gasteiger partial charge in [0.15, 0.2) is 0 Å². The minimum atomic E-state index is 1.14. The molecule has 5 rings (SSSR count).